The van der Waals surface area contributed by atoms with Gasteiger partial charge in [0.2, 0.25) is 6.29 Å². The summed E-state index contributed by atoms with van der Waals surface area (Å²) in [5, 5.41) is 47.8. The lowest BCUT2D eigenvalue weighted by Gasteiger charge is -2.39. The van der Waals surface area contributed by atoms with Gasteiger partial charge in [-0.1, -0.05) is 6.07 Å². The molecule has 7 heteroatoms. The zero-order chi connectivity index (χ0) is 14.9. The predicted molar refractivity (Wildman–Crippen MR) is 67.2 cm³/mol. The summed E-state index contributed by atoms with van der Waals surface area (Å²) in [6.07, 6.45) is -6.82. The van der Waals surface area contributed by atoms with Gasteiger partial charge in [-0.15, -0.1) is 0 Å². The molecule has 0 radical (unpaired) electrons. The van der Waals surface area contributed by atoms with Crippen molar-refractivity contribution in [1.29, 1.82) is 0 Å². The third kappa shape index (κ3) is 2.87. The second kappa shape index (κ2) is 5.94. The van der Waals surface area contributed by atoms with Crippen LogP contribution >= 0.6 is 0 Å². The Morgan fingerprint density at radius 1 is 1.15 bits per heavy atom. The van der Waals surface area contributed by atoms with Gasteiger partial charge in [0.1, 0.15) is 24.4 Å². The lowest BCUT2D eigenvalue weighted by Crippen LogP contribution is -2.60. The summed E-state index contributed by atoms with van der Waals surface area (Å²) >= 11 is 0. The summed E-state index contributed by atoms with van der Waals surface area (Å²) < 4.78 is 10.5. The van der Waals surface area contributed by atoms with E-state index in [-0.39, 0.29) is 11.5 Å². The largest absolute Gasteiger partial charge is 0.504 e. The van der Waals surface area contributed by atoms with Crippen molar-refractivity contribution < 1.29 is 35.0 Å². The summed E-state index contributed by atoms with van der Waals surface area (Å²) in [5.41, 5.74) is 0.822. The van der Waals surface area contributed by atoms with Crippen molar-refractivity contribution in [3.8, 4) is 11.5 Å². The number of rotatable bonds is 3. The van der Waals surface area contributed by atoms with Crippen LogP contribution in [-0.4, -0.2) is 62.8 Å². The fourth-order valence-electron chi connectivity index (χ4n) is 2.01. The van der Waals surface area contributed by atoms with Gasteiger partial charge in [0, 0.05) is 0 Å². The lowest BCUT2D eigenvalue weighted by molar-refractivity contribution is -0.277. The molecule has 1 aromatic rings. The number of hydrogen-bond donors (Lipinski definition) is 5. The third-order valence-electron chi connectivity index (χ3n) is 3.21. The molecule has 0 spiro atoms. The minimum absolute atomic E-state index is 0.0781. The molecule has 7 nitrogen and oxygen atoms in total. The molecule has 1 saturated heterocycles. The normalized spacial score (nSPS) is 34.0. The fourth-order valence-corrected chi connectivity index (χ4v) is 2.01. The van der Waals surface area contributed by atoms with Gasteiger partial charge in [0.15, 0.2) is 11.5 Å². The van der Waals surface area contributed by atoms with Crippen molar-refractivity contribution in [2.24, 2.45) is 0 Å². The molecule has 1 aromatic carbocycles. The molecular weight excluding hydrogens is 268 g/mol. The molecular formula is C13H18O7. The Bertz CT molecular complexity index is 462. The Morgan fingerprint density at radius 3 is 2.50 bits per heavy atom. The summed E-state index contributed by atoms with van der Waals surface area (Å²) in [7, 11) is 0. The number of aliphatic hydroxyl groups is 4. The summed E-state index contributed by atoms with van der Waals surface area (Å²) in [4.78, 5) is 0. The molecule has 2 rings (SSSR count). The number of benzene rings is 1. The van der Waals surface area contributed by atoms with Crippen LogP contribution < -0.4 is 4.74 Å². The van der Waals surface area contributed by atoms with Crippen molar-refractivity contribution >= 4 is 0 Å². The zero-order valence-electron chi connectivity index (χ0n) is 10.9. The standard InChI is InChI=1S/C13H18O7/c1-6-2-3-7(15)8(4-6)19-13-12(18)11(17)10(16)9(5-14)20-13/h2-4,9-18H,5H2,1H3/t9-,10-,11+,12-,13-/m1/s1. The van der Waals surface area contributed by atoms with Crippen LogP contribution in [0, 0.1) is 6.92 Å². The van der Waals surface area contributed by atoms with E-state index in [0.29, 0.717) is 0 Å². The van der Waals surface area contributed by atoms with Crippen LogP contribution in [0.4, 0.5) is 0 Å². The smallest absolute Gasteiger partial charge is 0.229 e. The molecule has 5 atom stereocenters. The van der Waals surface area contributed by atoms with E-state index in [0.717, 1.165) is 5.56 Å². The average Bonchev–Trinajstić information content (AvgIpc) is 2.43. The molecule has 0 amide bonds. The number of phenols is 1. The van der Waals surface area contributed by atoms with E-state index in [2.05, 4.69) is 0 Å². The third-order valence-corrected chi connectivity index (χ3v) is 3.21. The first-order chi connectivity index (χ1) is 9.43. The van der Waals surface area contributed by atoms with Crippen LogP contribution in [0.15, 0.2) is 18.2 Å². The number of ether oxygens (including phenoxy) is 2. The van der Waals surface area contributed by atoms with Gasteiger partial charge in [-0.3, -0.25) is 0 Å². The van der Waals surface area contributed by atoms with Crippen LogP contribution in [0.1, 0.15) is 5.56 Å². The Balaban J connectivity index is 2.17. The maximum absolute atomic E-state index is 9.82. The van der Waals surface area contributed by atoms with Crippen LogP contribution in [0.3, 0.4) is 0 Å². The monoisotopic (exact) mass is 286 g/mol. The zero-order valence-corrected chi connectivity index (χ0v) is 10.9. The summed E-state index contributed by atoms with van der Waals surface area (Å²) in [6.45, 7) is 1.25. The van der Waals surface area contributed by atoms with Gasteiger partial charge in [0.05, 0.1) is 6.61 Å². The fraction of sp³-hybridized carbons (Fsp3) is 0.538. The predicted octanol–water partition coefficient (Wildman–Crippen LogP) is -1.12. The van der Waals surface area contributed by atoms with E-state index in [9.17, 15) is 20.4 Å². The highest BCUT2D eigenvalue weighted by Crippen LogP contribution is 2.30. The maximum atomic E-state index is 9.82. The van der Waals surface area contributed by atoms with Gasteiger partial charge in [-0.25, -0.2) is 0 Å². The van der Waals surface area contributed by atoms with E-state index < -0.39 is 37.3 Å². The molecule has 112 valence electrons. The molecule has 20 heavy (non-hydrogen) atoms. The molecule has 0 aliphatic carbocycles. The van der Waals surface area contributed by atoms with Crippen molar-refractivity contribution in [3.63, 3.8) is 0 Å². The van der Waals surface area contributed by atoms with E-state index in [1.54, 1.807) is 13.0 Å². The van der Waals surface area contributed by atoms with Crippen LogP contribution in [-0.2, 0) is 4.74 Å². The summed E-state index contributed by atoms with van der Waals surface area (Å²) in [6, 6.07) is 4.64. The number of aromatic hydroxyl groups is 1. The Kier molecular flexibility index (Phi) is 4.46. The maximum Gasteiger partial charge on any atom is 0.229 e. The number of phenolic OH excluding ortho intramolecular Hbond substituents is 1. The number of aliphatic hydroxyl groups excluding tert-OH is 4. The highest BCUT2D eigenvalue weighted by Gasteiger charge is 2.44. The summed E-state index contributed by atoms with van der Waals surface area (Å²) in [5.74, 6) is -0.0677. The van der Waals surface area contributed by atoms with Crippen molar-refractivity contribution in [2.45, 2.75) is 37.6 Å². The van der Waals surface area contributed by atoms with Crippen molar-refractivity contribution in [3.05, 3.63) is 23.8 Å². The molecule has 0 aromatic heterocycles. The lowest BCUT2D eigenvalue weighted by atomic mass is 9.99. The average molecular weight is 286 g/mol. The van der Waals surface area contributed by atoms with Gasteiger partial charge < -0.3 is 35.0 Å². The molecule has 5 N–H and O–H groups in total. The Hall–Kier alpha value is -1.38. The highest BCUT2D eigenvalue weighted by atomic mass is 16.7. The van der Waals surface area contributed by atoms with Crippen LogP contribution in [0.5, 0.6) is 11.5 Å². The van der Waals surface area contributed by atoms with Crippen LogP contribution in [0.25, 0.3) is 0 Å². The molecule has 1 fully saturated rings. The topological polar surface area (TPSA) is 120 Å². The van der Waals surface area contributed by atoms with Crippen LogP contribution in [0.2, 0.25) is 0 Å². The van der Waals surface area contributed by atoms with E-state index in [4.69, 9.17) is 14.6 Å². The second-order valence-electron chi connectivity index (χ2n) is 4.79. The minimum atomic E-state index is -1.52. The first-order valence-electron chi connectivity index (χ1n) is 6.21. The SMILES string of the molecule is Cc1ccc(O)c(O[C@@H]2O[C@H](CO)[C@@H](O)[C@H](O)[C@H]2O)c1. The van der Waals surface area contributed by atoms with E-state index >= 15 is 0 Å². The molecule has 0 unspecified atom stereocenters. The van der Waals surface area contributed by atoms with Gasteiger partial charge in [-0.05, 0) is 24.6 Å². The molecule has 0 bridgehead atoms. The van der Waals surface area contributed by atoms with Gasteiger partial charge in [0.25, 0.3) is 0 Å². The van der Waals surface area contributed by atoms with E-state index in [1.165, 1.54) is 12.1 Å². The van der Waals surface area contributed by atoms with Gasteiger partial charge >= 0.3 is 0 Å². The first kappa shape index (κ1) is 15.0. The molecule has 0 saturated carbocycles. The Morgan fingerprint density at radius 2 is 1.85 bits per heavy atom. The second-order valence-corrected chi connectivity index (χ2v) is 4.79. The van der Waals surface area contributed by atoms with Gasteiger partial charge in [-0.2, -0.15) is 0 Å². The van der Waals surface area contributed by atoms with Crippen molar-refractivity contribution in [1.82, 2.24) is 0 Å². The minimum Gasteiger partial charge on any atom is -0.504 e. The molecule has 1 aliphatic heterocycles. The number of hydrogen-bond acceptors (Lipinski definition) is 7. The van der Waals surface area contributed by atoms with E-state index in [1.807, 2.05) is 0 Å². The number of aryl methyl sites for hydroxylation is 1. The Labute approximate surface area is 115 Å². The van der Waals surface area contributed by atoms with Crippen molar-refractivity contribution in [2.75, 3.05) is 6.61 Å². The first-order valence-corrected chi connectivity index (χ1v) is 6.21. The molecule has 1 heterocycles. The highest BCUT2D eigenvalue weighted by molar-refractivity contribution is 5.41. The quantitative estimate of drug-likeness (QED) is 0.477. The molecule has 1 aliphatic rings.